The number of aromatic nitrogens is 1. The van der Waals surface area contributed by atoms with Crippen LogP contribution in [-0.2, 0) is 13.0 Å². The highest BCUT2D eigenvalue weighted by Crippen LogP contribution is 2.15. The zero-order valence-electron chi connectivity index (χ0n) is 12.3. The molecule has 5 nitrogen and oxygen atoms in total. The van der Waals surface area contributed by atoms with Crippen LogP contribution >= 0.6 is 11.3 Å². The van der Waals surface area contributed by atoms with Crippen LogP contribution in [0.25, 0.3) is 0 Å². The second-order valence-electron chi connectivity index (χ2n) is 4.96. The molecule has 0 spiro atoms. The number of guanidine groups is 1. The number of aryl methyl sites for hydroxylation is 1. The fraction of sp³-hybridized carbons (Fsp3) is 0.714. The Morgan fingerprint density at radius 1 is 1.50 bits per heavy atom. The van der Waals surface area contributed by atoms with Crippen LogP contribution in [0, 0.1) is 0 Å². The van der Waals surface area contributed by atoms with E-state index >= 15 is 0 Å². The molecule has 2 rings (SSSR count). The highest BCUT2D eigenvalue weighted by atomic mass is 32.1. The lowest BCUT2D eigenvalue weighted by atomic mass is 10.1. The number of piperidine rings is 1. The maximum absolute atomic E-state index is 9.58. The first kappa shape index (κ1) is 15.3. The van der Waals surface area contributed by atoms with E-state index < -0.39 is 0 Å². The Labute approximate surface area is 124 Å². The predicted molar refractivity (Wildman–Crippen MR) is 83.1 cm³/mol. The van der Waals surface area contributed by atoms with E-state index in [0.29, 0.717) is 6.54 Å². The summed E-state index contributed by atoms with van der Waals surface area (Å²) >= 11 is 1.74. The van der Waals surface area contributed by atoms with E-state index in [9.17, 15) is 5.11 Å². The van der Waals surface area contributed by atoms with Crippen molar-refractivity contribution in [2.45, 2.75) is 45.8 Å². The second-order valence-corrected chi connectivity index (χ2v) is 6.16. The van der Waals surface area contributed by atoms with Crippen molar-refractivity contribution < 1.29 is 5.11 Å². The molecule has 2 heterocycles. The quantitative estimate of drug-likeness (QED) is 0.655. The van der Waals surface area contributed by atoms with Crippen LogP contribution in [0.4, 0.5) is 0 Å². The molecule has 1 aliphatic rings. The maximum Gasteiger partial charge on any atom is 0.194 e. The molecule has 0 bridgehead atoms. The molecule has 0 saturated carbocycles. The van der Waals surface area contributed by atoms with Crippen molar-refractivity contribution in [3.05, 3.63) is 16.1 Å². The number of aliphatic hydroxyl groups is 1. The lowest BCUT2D eigenvalue weighted by Gasteiger charge is -2.32. The molecule has 1 aromatic rings. The number of aliphatic imine (C=N–C) groups is 1. The second kappa shape index (κ2) is 7.59. The number of thiazole rings is 1. The summed E-state index contributed by atoms with van der Waals surface area (Å²) in [6, 6.07) is 0. The number of hydrogen-bond donors (Lipinski definition) is 2. The van der Waals surface area contributed by atoms with E-state index in [1.54, 1.807) is 11.3 Å². The Morgan fingerprint density at radius 2 is 2.25 bits per heavy atom. The fourth-order valence-corrected chi connectivity index (χ4v) is 3.02. The summed E-state index contributed by atoms with van der Waals surface area (Å²) in [5.41, 5.74) is 0. The van der Waals surface area contributed by atoms with Gasteiger partial charge in [0.05, 0.1) is 12.6 Å². The van der Waals surface area contributed by atoms with Crippen LogP contribution < -0.4 is 5.32 Å². The molecular formula is C14H24N4OS. The van der Waals surface area contributed by atoms with Gasteiger partial charge < -0.3 is 15.3 Å². The SMILES string of the molecule is CCNC(=NCc1ncc(CC)s1)N1CCC(O)CC1. The molecule has 20 heavy (non-hydrogen) atoms. The third-order valence-corrected chi connectivity index (χ3v) is 4.54. The van der Waals surface area contributed by atoms with E-state index in [2.05, 4.69) is 34.0 Å². The third kappa shape index (κ3) is 4.18. The van der Waals surface area contributed by atoms with Crippen molar-refractivity contribution in [2.24, 2.45) is 4.99 Å². The molecule has 1 fully saturated rings. The number of rotatable bonds is 4. The van der Waals surface area contributed by atoms with E-state index in [0.717, 1.165) is 49.9 Å². The summed E-state index contributed by atoms with van der Waals surface area (Å²) in [6.07, 6.45) is 4.47. The molecule has 6 heteroatoms. The predicted octanol–water partition coefficient (Wildman–Crippen LogP) is 1.63. The summed E-state index contributed by atoms with van der Waals surface area (Å²) < 4.78 is 0. The van der Waals surface area contributed by atoms with Gasteiger partial charge in [-0.15, -0.1) is 11.3 Å². The monoisotopic (exact) mass is 296 g/mol. The van der Waals surface area contributed by atoms with E-state index in [4.69, 9.17) is 0 Å². The van der Waals surface area contributed by atoms with Gasteiger partial charge in [-0.2, -0.15) is 0 Å². The summed E-state index contributed by atoms with van der Waals surface area (Å²) in [7, 11) is 0. The molecule has 0 aromatic carbocycles. The standard InChI is InChI=1S/C14H24N4OS/c1-3-12-9-16-13(20-12)10-17-14(15-4-2)18-7-5-11(19)6-8-18/h9,11,19H,3-8,10H2,1-2H3,(H,15,17). The fourth-order valence-electron chi connectivity index (χ4n) is 2.23. The zero-order chi connectivity index (χ0) is 14.4. The van der Waals surface area contributed by atoms with E-state index in [1.807, 2.05) is 6.20 Å². The first-order valence-electron chi connectivity index (χ1n) is 7.37. The van der Waals surface area contributed by atoms with Crippen LogP contribution in [0.1, 0.15) is 36.6 Å². The molecular weight excluding hydrogens is 272 g/mol. The molecule has 2 N–H and O–H groups in total. The number of nitrogens with zero attached hydrogens (tertiary/aromatic N) is 3. The van der Waals surface area contributed by atoms with Gasteiger partial charge in [-0.1, -0.05) is 6.92 Å². The number of hydrogen-bond acceptors (Lipinski definition) is 4. The largest absolute Gasteiger partial charge is 0.393 e. The lowest BCUT2D eigenvalue weighted by Crippen LogP contribution is -2.46. The van der Waals surface area contributed by atoms with Crippen LogP contribution in [0.5, 0.6) is 0 Å². The van der Waals surface area contributed by atoms with Crippen LogP contribution in [0.15, 0.2) is 11.2 Å². The lowest BCUT2D eigenvalue weighted by molar-refractivity contribution is 0.108. The van der Waals surface area contributed by atoms with Crippen molar-refractivity contribution in [3.63, 3.8) is 0 Å². The minimum absolute atomic E-state index is 0.153. The van der Waals surface area contributed by atoms with Crippen LogP contribution in [0.3, 0.4) is 0 Å². The molecule has 1 aromatic heterocycles. The molecule has 0 atom stereocenters. The molecule has 0 unspecified atom stereocenters. The molecule has 0 aliphatic carbocycles. The van der Waals surface area contributed by atoms with Gasteiger partial charge in [0.2, 0.25) is 0 Å². The van der Waals surface area contributed by atoms with Gasteiger partial charge in [0.1, 0.15) is 5.01 Å². The minimum atomic E-state index is -0.153. The summed E-state index contributed by atoms with van der Waals surface area (Å²) in [6.45, 7) is 7.44. The van der Waals surface area contributed by atoms with Gasteiger partial charge in [-0.05, 0) is 26.2 Å². The van der Waals surface area contributed by atoms with Gasteiger partial charge in [0, 0.05) is 30.7 Å². The Hall–Kier alpha value is -1.14. The molecule has 0 amide bonds. The van der Waals surface area contributed by atoms with Crippen LogP contribution in [-0.4, -0.2) is 46.7 Å². The summed E-state index contributed by atoms with van der Waals surface area (Å²) in [5, 5.41) is 14.0. The first-order chi connectivity index (χ1) is 9.72. The van der Waals surface area contributed by atoms with E-state index in [1.165, 1.54) is 4.88 Å². The van der Waals surface area contributed by atoms with Gasteiger partial charge in [0.15, 0.2) is 5.96 Å². The highest BCUT2D eigenvalue weighted by Gasteiger charge is 2.19. The topological polar surface area (TPSA) is 60.8 Å². The third-order valence-electron chi connectivity index (χ3n) is 3.41. The van der Waals surface area contributed by atoms with Gasteiger partial charge in [-0.3, -0.25) is 0 Å². The van der Waals surface area contributed by atoms with Gasteiger partial charge >= 0.3 is 0 Å². The number of aliphatic hydroxyl groups excluding tert-OH is 1. The highest BCUT2D eigenvalue weighted by molar-refractivity contribution is 7.11. The average molecular weight is 296 g/mol. The summed E-state index contributed by atoms with van der Waals surface area (Å²) in [4.78, 5) is 12.6. The zero-order valence-corrected chi connectivity index (χ0v) is 13.1. The Morgan fingerprint density at radius 3 is 2.85 bits per heavy atom. The van der Waals surface area contributed by atoms with E-state index in [-0.39, 0.29) is 6.10 Å². The minimum Gasteiger partial charge on any atom is -0.393 e. The Balaban J connectivity index is 1.97. The Bertz CT molecular complexity index is 438. The van der Waals surface area contributed by atoms with Crippen LogP contribution in [0.2, 0.25) is 0 Å². The van der Waals surface area contributed by atoms with Crippen molar-refractivity contribution >= 4 is 17.3 Å². The summed E-state index contributed by atoms with van der Waals surface area (Å²) in [5.74, 6) is 0.938. The number of nitrogens with one attached hydrogen (secondary N) is 1. The van der Waals surface area contributed by atoms with Gasteiger partial charge in [0.25, 0.3) is 0 Å². The normalized spacial score (nSPS) is 17.6. The molecule has 1 saturated heterocycles. The average Bonchev–Trinajstić information content (AvgIpc) is 2.92. The molecule has 1 aliphatic heterocycles. The van der Waals surface area contributed by atoms with Crippen molar-refractivity contribution in [2.75, 3.05) is 19.6 Å². The molecule has 112 valence electrons. The van der Waals surface area contributed by atoms with Crippen molar-refractivity contribution in [1.29, 1.82) is 0 Å². The molecule has 0 radical (unpaired) electrons. The Kier molecular flexibility index (Phi) is 5.79. The maximum atomic E-state index is 9.58. The first-order valence-corrected chi connectivity index (χ1v) is 8.19. The van der Waals surface area contributed by atoms with Crippen molar-refractivity contribution in [3.8, 4) is 0 Å². The number of likely N-dealkylation sites (tertiary alicyclic amines) is 1. The van der Waals surface area contributed by atoms with Gasteiger partial charge in [-0.25, -0.2) is 9.98 Å². The smallest absolute Gasteiger partial charge is 0.194 e. The van der Waals surface area contributed by atoms with Crippen molar-refractivity contribution in [1.82, 2.24) is 15.2 Å².